The van der Waals surface area contributed by atoms with Crippen LogP contribution in [-0.4, -0.2) is 24.3 Å². The monoisotopic (exact) mass is 396 g/mol. The van der Waals surface area contributed by atoms with E-state index in [0.717, 1.165) is 33.0 Å². The fraction of sp³-hybridized carbons (Fsp3) is 0.238. The lowest BCUT2D eigenvalue weighted by Gasteiger charge is -2.10. The first kappa shape index (κ1) is 18.3. The second-order valence-corrected chi connectivity index (χ2v) is 7.73. The van der Waals surface area contributed by atoms with E-state index in [9.17, 15) is 4.79 Å². The van der Waals surface area contributed by atoms with E-state index in [0.29, 0.717) is 16.6 Å². The predicted molar refractivity (Wildman–Crippen MR) is 108 cm³/mol. The zero-order valence-corrected chi connectivity index (χ0v) is 16.7. The lowest BCUT2D eigenvalue weighted by molar-refractivity contribution is -0.118. The molecular weight excluding hydrogens is 376 g/mol. The average molecular weight is 396 g/mol. The maximum atomic E-state index is 12.3. The minimum atomic E-state index is -0.244. The Morgan fingerprint density at radius 1 is 1.18 bits per heavy atom. The number of anilines is 1. The number of fused-ring (bicyclic) bond motifs is 1. The molecule has 1 aliphatic heterocycles. The molecule has 0 fully saturated rings. The van der Waals surface area contributed by atoms with Crippen LogP contribution < -0.4 is 19.5 Å². The van der Waals surface area contributed by atoms with Gasteiger partial charge in [-0.15, -0.1) is 11.3 Å². The van der Waals surface area contributed by atoms with Crippen molar-refractivity contribution in [3.8, 4) is 28.5 Å². The SMILES string of the molecule is Cc1cccc(OCC(=O)Nc2nc(-c3ccc4c(c3)OCO4)c(C)s2)c1C. The van der Waals surface area contributed by atoms with Crippen molar-refractivity contribution in [2.45, 2.75) is 20.8 Å². The summed E-state index contributed by atoms with van der Waals surface area (Å²) in [6, 6.07) is 11.5. The van der Waals surface area contributed by atoms with Crippen LogP contribution in [0.1, 0.15) is 16.0 Å². The molecule has 0 unspecified atom stereocenters. The van der Waals surface area contributed by atoms with Crippen molar-refractivity contribution in [2.75, 3.05) is 18.7 Å². The second kappa shape index (κ2) is 7.52. The van der Waals surface area contributed by atoms with E-state index < -0.39 is 0 Å². The van der Waals surface area contributed by atoms with E-state index in [1.54, 1.807) is 0 Å². The molecule has 1 N–H and O–H groups in total. The van der Waals surface area contributed by atoms with E-state index in [1.807, 2.05) is 57.2 Å². The number of aromatic nitrogens is 1. The summed E-state index contributed by atoms with van der Waals surface area (Å²) in [5, 5.41) is 3.36. The van der Waals surface area contributed by atoms with Crippen molar-refractivity contribution in [2.24, 2.45) is 0 Å². The molecule has 1 amide bonds. The molecule has 144 valence electrons. The summed E-state index contributed by atoms with van der Waals surface area (Å²) in [6.45, 7) is 6.13. The highest BCUT2D eigenvalue weighted by Crippen LogP contribution is 2.38. The Morgan fingerprint density at radius 3 is 2.86 bits per heavy atom. The molecule has 3 aromatic rings. The lowest BCUT2D eigenvalue weighted by atomic mass is 10.1. The molecule has 0 spiro atoms. The average Bonchev–Trinajstić information content (AvgIpc) is 3.28. The molecule has 0 aliphatic carbocycles. The van der Waals surface area contributed by atoms with Gasteiger partial charge in [-0.3, -0.25) is 10.1 Å². The number of aryl methyl sites for hydroxylation is 2. The molecule has 0 saturated heterocycles. The van der Waals surface area contributed by atoms with Gasteiger partial charge < -0.3 is 14.2 Å². The quantitative estimate of drug-likeness (QED) is 0.689. The lowest BCUT2D eigenvalue weighted by Crippen LogP contribution is -2.20. The summed E-state index contributed by atoms with van der Waals surface area (Å²) in [4.78, 5) is 17.9. The van der Waals surface area contributed by atoms with Gasteiger partial charge in [-0.2, -0.15) is 0 Å². The zero-order valence-electron chi connectivity index (χ0n) is 15.9. The van der Waals surface area contributed by atoms with Gasteiger partial charge in [-0.1, -0.05) is 12.1 Å². The van der Waals surface area contributed by atoms with Crippen LogP contribution in [-0.2, 0) is 4.79 Å². The molecule has 2 aromatic carbocycles. The first-order valence-electron chi connectivity index (χ1n) is 8.87. The van der Waals surface area contributed by atoms with Crippen LogP contribution in [0.2, 0.25) is 0 Å². The number of nitrogens with zero attached hydrogens (tertiary/aromatic N) is 1. The van der Waals surface area contributed by atoms with E-state index in [-0.39, 0.29) is 19.3 Å². The molecule has 0 bridgehead atoms. The first-order chi connectivity index (χ1) is 13.5. The Bertz CT molecular complexity index is 1040. The van der Waals surface area contributed by atoms with Crippen molar-refractivity contribution in [1.29, 1.82) is 0 Å². The van der Waals surface area contributed by atoms with Crippen LogP contribution >= 0.6 is 11.3 Å². The molecule has 1 aromatic heterocycles. The number of nitrogens with one attached hydrogen (secondary N) is 1. The number of hydrogen-bond donors (Lipinski definition) is 1. The third kappa shape index (κ3) is 3.66. The summed E-state index contributed by atoms with van der Waals surface area (Å²) < 4.78 is 16.4. The molecule has 1 aliphatic rings. The standard InChI is InChI=1S/C21H20N2O4S/c1-12-5-4-6-16(13(12)2)25-10-19(24)22-21-23-20(14(3)28-21)15-7-8-17-18(9-15)27-11-26-17/h4-9H,10-11H2,1-3H3,(H,22,23,24). The van der Waals surface area contributed by atoms with Crippen LogP contribution in [0.3, 0.4) is 0 Å². The Labute approximate surface area is 167 Å². The molecule has 28 heavy (non-hydrogen) atoms. The molecule has 4 rings (SSSR count). The van der Waals surface area contributed by atoms with Crippen molar-refractivity contribution in [1.82, 2.24) is 4.98 Å². The molecule has 7 heteroatoms. The number of carbonyl (C=O) groups is 1. The molecular formula is C21H20N2O4S. The number of benzene rings is 2. The molecule has 0 atom stereocenters. The number of amides is 1. The van der Waals surface area contributed by atoms with Crippen molar-refractivity contribution >= 4 is 22.4 Å². The van der Waals surface area contributed by atoms with Gasteiger partial charge in [0, 0.05) is 10.4 Å². The van der Waals surface area contributed by atoms with Crippen molar-refractivity contribution in [3.05, 3.63) is 52.4 Å². The maximum Gasteiger partial charge on any atom is 0.264 e. The molecule has 6 nitrogen and oxygen atoms in total. The Balaban J connectivity index is 1.43. The largest absolute Gasteiger partial charge is 0.483 e. The summed E-state index contributed by atoms with van der Waals surface area (Å²) in [5.74, 6) is 1.91. The Morgan fingerprint density at radius 2 is 2.00 bits per heavy atom. The summed E-state index contributed by atoms with van der Waals surface area (Å²) in [6.07, 6.45) is 0. The van der Waals surface area contributed by atoms with Crippen LogP contribution in [0.25, 0.3) is 11.3 Å². The van der Waals surface area contributed by atoms with Crippen LogP contribution in [0.5, 0.6) is 17.2 Å². The number of hydrogen-bond acceptors (Lipinski definition) is 6. The maximum absolute atomic E-state index is 12.3. The van der Waals surface area contributed by atoms with Gasteiger partial charge >= 0.3 is 0 Å². The van der Waals surface area contributed by atoms with Crippen LogP contribution in [0, 0.1) is 20.8 Å². The minimum absolute atomic E-state index is 0.0672. The van der Waals surface area contributed by atoms with Crippen molar-refractivity contribution < 1.29 is 19.0 Å². The van der Waals surface area contributed by atoms with Gasteiger partial charge in [0.25, 0.3) is 5.91 Å². The van der Waals surface area contributed by atoms with Gasteiger partial charge in [0.1, 0.15) is 5.75 Å². The zero-order chi connectivity index (χ0) is 19.7. The highest BCUT2D eigenvalue weighted by atomic mass is 32.1. The highest BCUT2D eigenvalue weighted by molar-refractivity contribution is 7.16. The third-order valence-corrected chi connectivity index (χ3v) is 5.49. The van der Waals surface area contributed by atoms with E-state index >= 15 is 0 Å². The van der Waals surface area contributed by atoms with Crippen LogP contribution in [0.15, 0.2) is 36.4 Å². The van der Waals surface area contributed by atoms with Gasteiger partial charge in [0.05, 0.1) is 5.69 Å². The number of carbonyl (C=O) groups excluding carboxylic acids is 1. The summed E-state index contributed by atoms with van der Waals surface area (Å²) in [5.41, 5.74) is 3.89. The van der Waals surface area contributed by atoms with Gasteiger partial charge in [0.15, 0.2) is 23.2 Å². The fourth-order valence-electron chi connectivity index (χ4n) is 2.94. The van der Waals surface area contributed by atoms with Gasteiger partial charge in [-0.25, -0.2) is 4.98 Å². The number of thiazole rings is 1. The fourth-order valence-corrected chi connectivity index (χ4v) is 3.79. The second-order valence-electron chi connectivity index (χ2n) is 6.53. The molecule has 0 saturated carbocycles. The third-order valence-electron chi connectivity index (χ3n) is 4.60. The van der Waals surface area contributed by atoms with Gasteiger partial charge in [-0.05, 0) is 56.2 Å². The molecule has 0 radical (unpaired) electrons. The highest BCUT2D eigenvalue weighted by Gasteiger charge is 2.17. The normalized spacial score (nSPS) is 12.1. The predicted octanol–water partition coefficient (Wildman–Crippen LogP) is 4.48. The van der Waals surface area contributed by atoms with Crippen molar-refractivity contribution in [3.63, 3.8) is 0 Å². The Hall–Kier alpha value is -3.06. The summed E-state index contributed by atoms with van der Waals surface area (Å²) >= 11 is 1.43. The van der Waals surface area contributed by atoms with E-state index in [2.05, 4.69) is 10.3 Å². The van der Waals surface area contributed by atoms with Crippen LogP contribution in [0.4, 0.5) is 5.13 Å². The molecule has 2 heterocycles. The summed E-state index contributed by atoms with van der Waals surface area (Å²) in [7, 11) is 0. The smallest absolute Gasteiger partial charge is 0.264 e. The number of rotatable bonds is 5. The Kier molecular flexibility index (Phi) is 4.92. The van der Waals surface area contributed by atoms with E-state index in [1.165, 1.54) is 11.3 Å². The number of ether oxygens (including phenoxy) is 3. The topological polar surface area (TPSA) is 69.7 Å². The first-order valence-corrected chi connectivity index (χ1v) is 9.69. The van der Waals surface area contributed by atoms with E-state index in [4.69, 9.17) is 14.2 Å². The van der Waals surface area contributed by atoms with Gasteiger partial charge in [0.2, 0.25) is 6.79 Å². The minimum Gasteiger partial charge on any atom is -0.483 e.